The monoisotopic (exact) mass is 266 g/mol. The predicted octanol–water partition coefficient (Wildman–Crippen LogP) is 3.61. The summed E-state index contributed by atoms with van der Waals surface area (Å²) in [4.78, 5) is 4.63. The highest BCUT2D eigenvalue weighted by molar-refractivity contribution is 7.09. The molecule has 1 aromatic carbocycles. The molecule has 1 aromatic heterocycles. The maximum atomic E-state index is 5.87. The highest BCUT2D eigenvalue weighted by Crippen LogP contribution is 2.23. The van der Waals surface area contributed by atoms with E-state index in [0.29, 0.717) is 6.04 Å². The molecule has 0 fully saturated rings. The van der Waals surface area contributed by atoms with Crippen molar-refractivity contribution < 1.29 is 0 Å². The molecular formula is C13H15ClN2S. The largest absolute Gasteiger partial charge is 0.317 e. The molecule has 2 nitrogen and oxygen atoms in total. The molecule has 0 aliphatic rings. The molecule has 4 heteroatoms. The highest BCUT2D eigenvalue weighted by atomic mass is 35.5. The second-order valence-corrected chi connectivity index (χ2v) is 5.41. The van der Waals surface area contributed by atoms with Gasteiger partial charge in [0.15, 0.2) is 0 Å². The summed E-state index contributed by atoms with van der Waals surface area (Å²) in [5, 5.41) is 7.24. The molecule has 2 rings (SSSR count). The van der Waals surface area contributed by atoms with Gasteiger partial charge in [-0.1, -0.05) is 23.7 Å². The van der Waals surface area contributed by atoms with Gasteiger partial charge < -0.3 is 5.32 Å². The van der Waals surface area contributed by atoms with Gasteiger partial charge in [0.05, 0.1) is 10.7 Å². The molecule has 1 heterocycles. The summed E-state index contributed by atoms with van der Waals surface area (Å²) in [6, 6.07) is 8.25. The summed E-state index contributed by atoms with van der Waals surface area (Å²) in [6.07, 6.45) is 0.967. The molecule has 0 spiro atoms. The predicted molar refractivity (Wildman–Crippen MR) is 74.8 cm³/mol. The van der Waals surface area contributed by atoms with Gasteiger partial charge in [-0.05, 0) is 26.1 Å². The molecular weight excluding hydrogens is 252 g/mol. The number of nitrogens with zero attached hydrogens (tertiary/aromatic N) is 1. The summed E-state index contributed by atoms with van der Waals surface area (Å²) in [6.45, 7) is 2.16. The summed E-state index contributed by atoms with van der Waals surface area (Å²) < 4.78 is 0. The van der Waals surface area contributed by atoms with Crippen LogP contribution in [0.5, 0.6) is 0 Å². The molecule has 0 bridgehead atoms. The van der Waals surface area contributed by atoms with Crippen LogP contribution in [-0.2, 0) is 6.42 Å². The van der Waals surface area contributed by atoms with E-state index < -0.39 is 0 Å². The van der Waals surface area contributed by atoms with Gasteiger partial charge in [-0.2, -0.15) is 0 Å². The van der Waals surface area contributed by atoms with Crippen molar-refractivity contribution in [1.82, 2.24) is 10.3 Å². The van der Waals surface area contributed by atoms with Gasteiger partial charge in [0, 0.05) is 28.4 Å². The summed E-state index contributed by atoms with van der Waals surface area (Å²) >= 11 is 7.57. The third-order valence-electron chi connectivity index (χ3n) is 2.67. The quantitative estimate of drug-likeness (QED) is 0.914. The lowest BCUT2D eigenvalue weighted by Crippen LogP contribution is -2.23. The lowest BCUT2D eigenvalue weighted by molar-refractivity contribution is 0.607. The maximum Gasteiger partial charge on any atom is 0.0948 e. The summed E-state index contributed by atoms with van der Waals surface area (Å²) in [5.74, 6) is 0. The zero-order valence-corrected chi connectivity index (χ0v) is 11.5. The minimum Gasteiger partial charge on any atom is -0.317 e. The molecule has 0 aliphatic heterocycles. The zero-order chi connectivity index (χ0) is 12.3. The topological polar surface area (TPSA) is 24.9 Å². The Balaban J connectivity index is 2.15. The normalized spacial score (nSPS) is 12.6. The molecule has 2 aromatic rings. The average molecular weight is 267 g/mol. The van der Waals surface area contributed by atoms with Crippen LogP contribution in [0.4, 0.5) is 0 Å². The van der Waals surface area contributed by atoms with E-state index >= 15 is 0 Å². The molecule has 0 saturated carbocycles. The number of rotatable bonds is 4. The van der Waals surface area contributed by atoms with Gasteiger partial charge in [0.25, 0.3) is 0 Å². The van der Waals surface area contributed by atoms with E-state index in [-0.39, 0.29) is 0 Å². The van der Waals surface area contributed by atoms with Crippen molar-refractivity contribution in [2.24, 2.45) is 0 Å². The number of thiazole rings is 1. The second kappa shape index (κ2) is 5.63. The van der Waals surface area contributed by atoms with Crippen molar-refractivity contribution in [1.29, 1.82) is 0 Å². The molecule has 0 amide bonds. The lowest BCUT2D eigenvalue weighted by atomic mass is 10.2. The first-order valence-corrected chi connectivity index (χ1v) is 6.82. The molecule has 0 saturated heterocycles. The number of halogens is 1. The van der Waals surface area contributed by atoms with E-state index in [1.165, 1.54) is 0 Å². The third kappa shape index (κ3) is 3.28. The fourth-order valence-electron chi connectivity index (χ4n) is 1.52. The van der Waals surface area contributed by atoms with Gasteiger partial charge in [-0.3, -0.25) is 0 Å². The Hall–Kier alpha value is -0.900. The van der Waals surface area contributed by atoms with Crippen LogP contribution >= 0.6 is 22.9 Å². The van der Waals surface area contributed by atoms with Crippen molar-refractivity contribution in [3.05, 3.63) is 39.7 Å². The highest BCUT2D eigenvalue weighted by Gasteiger charge is 2.07. The fraction of sp³-hybridized carbons (Fsp3) is 0.308. The molecule has 1 N–H and O–H groups in total. The van der Waals surface area contributed by atoms with Gasteiger partial charge >= 0.3 is 0 Å². The van der Waals surface area contributed by atoms with Gasteiger partial charge in [-0.25, -0.2) is 4.98 Å². The van der Waals surface area contributed by atoms with Crippen molar-refractivity contribution in [3.63, 3.8) is 0 Å². The third-order valence-corrected chi connectivity index (χ3v) is 3.79. The molecule has 17 heavy (non-hydrogen) atoms. The molecule has 1 unspecified atom stereocenters. The first kappa shape index (κ1) is 12.6. The van der Waals surface area contributed by atoms with Crippen LogP contribution in [0, 0.1) is 0 Å². The minimum absolute atomic E-state index is 0.458. The van der Waals surface area contributed by atoms with Crippen LogP contribution in [0.15, 0.2) is 29.6 Å². The average Bonchev–Trinajstić information content (AvgIpc) is 2.78. The molecule has 0 aliphatic carbocycles. The van der Waals surface area contributed by atoms with Crippen LogP contribution in [0.3, 0.4) is 0 Å². The van der Waals surface area contributed by atoms with Crippen molar-refractivity contribution in [2.45, 2.75) is 19.4 Å². The Morgan fingerprint density at radius 2 is 2.06 bits per heavy atom. The first-order chi connectivity index (χ1) is 8.19. The first-order valence-electron chi connectivity index (χ1n) is 5.56. The second-order valence-electron chi connectivity index (χ2n) is 4.03. The maximum absolute atomic E-state index is 5.87. The Bertz CT molecular complexity index is 478. The van der Waals surface area contributed by atoms with E-state index in [9.17, 15) is 0 Å². The van der Waals surface area contributed by atoms with Crippen molar-refractivity contribution in [3.8, 4) is 11.3 Å². The summed E-state index contributed by atoms with van der Waals surface area (Å²) in [5.41, 5.74) is 2.15. The van der Waals surface area contributed by atoms with Gasteiger partial charge in [-0.15, -0.1) is 11.3 Å². The van der Waals surface area contributed by atoms with Crippen LogP contribution in [0.1, 0.15) is 11.9 Å². The Kier molecular flexibility index (Phi) is 4.15. The minimum atomic E-state index is 0.458. The van der Waals surface area contributed by atoms with Crippen LogP contribution < -0.4 is 5.32 Å². The van der Waals surface area contributed by atoms with E-state index in [1.54, 1.807) is 11.3 Å². The van der Waals surface area contributed by atoms with Gasteiger partial charge in [0.1, 0.15) is 0 Å². The number of hydrogen-bond donors (Lipinski definition) is 1. The SMILES string of the molecule is CNC(C)Cc1nc(-c2ccc(Cl)cc2)cs1. The number of nitrogens with one attached hydrogen (secondary N) is 1. The number of likely N-dealkylation sites (N-methyl/N-ethyl adjacent to an activating group) is 1. The fourth-order valence-corrected chi connectivity index (χ4v) is 2.58. The van der Waals surface area contributed by atoms with Crippen LogP contribution in [-0.4, -0.2) is 18.1 Å². The number of aromatic nitrogens is 1. The lowest BCUT2D eigenvalue weighted by Gasteiger charge is -2.06. The van der Waals surface area contributed by atoms with E-state index in [1.807, 2.05) is 31.3 Å². The summed E-state index contributed by atoms with van der Waals surface area (Å²) in [7, 11) is 1.97. The number of hydrogen-bond acceptors (Lipinski definition) is 3. The molecule has 1 atom stereocenters. The Labute approximate surface area is 111 Å². The smallest absolute Gasteiger partial charge is 0.0948 e. The zero-order valence-electron chi connectivity index (χ0n) is 9.90. The molecule has 90 valence electrons. The van der Waals surface area contributed by atoms with Crippen molar-refractivity contribution >= 4 is 22.9 Å². The van der Waals surface area contributed by atoms with E-state index in [0.717, 1.165) is 27.7 Å². The standard InChI is InChI=1S/C13H15ClN2S/c1-9(15-2)7-13-16-12(8-17-13)10-3-5-11(14)6-4-10/h3-6,8-9,15H,7H2,1-2H3. The Morgan fingerprint density at radius 3 is 2.71 bits per heavy atom. The molecule has 0 radical (unpaired) electrons. The van der Waals surface area contributed by atoms with Crippen molar-refractivity contribution in [2.75, 3.05) is 7.05 Å². The number of benzene rings is 1. The van der Waals surface area contributed by atoms with Crippen LogP contribution in [0.2, 0.25) is 5.02 Å². The van der Waals surface area contributed by atoms with Crippen LogP contribution in [0.25, 0.3) is 11.3 Å². The van der Waals surface area contributed by atoms with E-state index in [4.69, 9.17) is 11.6 Å². The van der Waals surface area contributed by atoms with Gasteiger partial charge in [0.2, 0.25) is 0 Å². The van der Waals surface area contributed by atoms with E-state index in [2.05, 4.69) is 22.6 Å². The Morgan fingerprint density at radius 1 is 1.35 bits per heavy atom.